The van der Waals surface area contributed by atoms with Gasteiger partial charge in [0, 0.05) is 30.7 Å². The maximum absolute atomic E-state index is 10.00. The van der Waals surface area contributed by atoms with E-state index in [9.17, 15) is 5.11 Å². The van der Waals surface area contributed by atoms with E-state index in [1.807, 2.05) is 0 Å². The summed E-state index contributed by atoms with van der Waals surface area (Å²) in [4.78, 5) is 2.81. The molecule has 3 aliphatic rings. The second-order valence-electron chi connectivity index (χ2n) is 8.33. The monoisotopic (exact) mass is 294 g/mol. The highest BCUT2D eigenvalue weighted by Crippen LogP contribution is 2.38. The van der Waals surface area contributed by atoms with Crippen molar-refractivity contribution in [1.82, 2.24) is 10.2 Å². The molecule has 21 heavy (non-hydrogen) atoms. The molecular weight excluding hydrogens is 260 g/mol. The first kappa shape index (κ1) is 15.8. The second-order valence-corrected chi connectivity index (χ2v) is 8.33. The zero-order valence-corrected chi connectivity index (χ0v) is 14.0. The van der Waals surface area contributed by atoms with E-state index in [0.717, 1.165) is 24.7 Å². The molecule has 122 valence electrons. The molecule has 3 nitrogen and oxygen atoms in total. The van der Waals surface area contributed by atoms with Gasteiger partial charge in [0.2, 0.25) is 0 Å². The van der Waals surface area contributed by atoms with E-state index in [1.54, 1.807) is 0 Å². The molecule has 3 rings (SSSR count). The van der Waals surface area contributed by atoms with Crippen molar-refractivity contribution in [3.8, 4) is 0 Å². The van der Waals surface area contributed by atoms with Crippen molar-refractivity contribution in [2.75, 3.05) is 19.7 Å². The Morgan fingerprint density at radius 3 is 2.19 bits per heavy atom. The molecule has 3 fully saturated rings. The van der Waals surface area contributed by atoms with E-state index in [1.165, 1.54) is 51.6 Å². The molecule has 3 aliphatic carbocycles. The van der Waals surface area contributed by atoms with E-state index < -0.39 is 0 Å². The summed E-state index contributed by atoms with van der Waals surface area (Å²) in [7, 11) is 0. The summed E-state index contributed by atoms with van der Waals surface area (Å²) in [5.41, 5.74) is -0.0254. The Kier molecular flexibility index (Phi) is 4.92. The van der Waals surface area contributed by atoms with Gasteiger partial charge in [0.1, 0.15) is 0 Å². The highest BCUT2D eigenvalue weighted by atomic mass is 16.3. The predicted molar refractivity (Wildman–Crippen MR) is 87.4 cm³/mol. The van der Waals surface area contributed by atoms with Crippen LogP contribution in [0.3, 0.4) is 0 Å². The molecule has 0 saturated heterocycles. The maximum Gasteiger partial charge on any atom is 0.0613 e. The van der Waals surface area contributed by atoms with Gasteiger partial charge in [0.15, 0.2) is 0 Å². The maximum atomic E-state index is 10.00. The van der Waals surface area contributed by atoms with Gasteiger partial charge in [-0.1, -0.05) is 13.8 Å². The van der Waals surface area contributed by atoms with Gasteiger partial charge in [0.25, 0.3) is 0 Å². The third-order valence-electron chi connectivity index (χ3n) is 5.61. The number of aliphatic hydroxyl groups excluding tert-OH is 1. The van der Waals surface area contributed by atoms with Crippen molar-refractivity contribution < 1.29 is 5.11 Å². The summed E-state index contributed by atoms with van der Waals surface area (Å²) in [6.07, 6.45) is 10.7. The van der Waals surface area contributed by atoms with Gasteiger partial charge in [-0.15, -0.1) is 0 Å². The van der Waals surface area contributed by atoms with E-state index in [2.05, 4.69) is 24.1 Å². The quantitative estimate of drug-likeness (QED) is 0.722. The molecule has 0 radical (unpaired) electrons. The van der Waals surface area contributed by atoms with Gasteiger partial charge < -0.3 is 10.4 Å². The average Bonchev–Trinajstić information content (AvgIpc) is 3.33. The van der Waals surface area contributed by atoms with Crippen molar-refractivity contribution in [1.29, 1.82) is 0 Å². The van der Waals surface area contributed by atoms with E-state index >= 15 is 0 Å². The normalized spacial score (nSPS) is 33.9. The average molecular weight is 294 g/mol. The number of hydrogen-bond donors (Lipinski definition) is 2. The third kappa shape index (κ3) is 4.43. The van der Waals surface area contributed by atoms with Crippen LogP contribution in [0.2, 0.25) is 0 Å². The van der Waals surface area contributed by atoms with E-state index in [0.29, 0.717) is 18.7 Å². The Hall–Kier alpha value is -0.120. The summed E-state index contributed by atoms with van der Waals surface area (Å²) < 4.78 is 0. The molecule has 2 N–H and O–H groups in total. The topological polar surface area (TPSA) is 35.5 Å². The Bertz CT molecular complexity index is 324. The minimum atomic E-state index is -0.0254. The molecule has 0 spiro atoms. The molecule has 2 unspecified atom stereocenters. The van der Waals surface area contributed by atoms with Gasteiger partial charge in [-0.05, 0) is 63.2 Å². The van der Waals surface area contributed by atoms with Crippen LogP contribution in [0.5, 0.6) is 0 Å². The molecule has 0 aliphatic heterocycles. The third-order valence-corrected chi connectivity index (χ3v) is 5.61. The number of rotatable bonds is 8. The Morgan fingerprint density at radius 1 is 1.10 bits per heavy atom. The Morgan fingerprint density at radius 2 is 1.71 bits per heavy atom. The van der Waals surface area contributed by atoms with Crippen molar-refractivity contribution in [2.24, 2.45) is 11.8 Å². The molecule has 3 saturated carbocycles. The minimum absolute atomic E-state index is 0.0254. The Labute approximate surface area is 130 Å². The van der Waals surface area contributed by atoms with Crippen LogP contribution >= 0.6 is 0 Å². The number of nitrogens with one attached hydrogen (secondary N) is 1. The highest BCUT2D eigenvalue weighted by molar-refractivity contribution is 4.98. The smallest absolute Gasteiger partial charge is 0.0613 e. The molecule has 0 heterocycles. The number of nitrogens with zero attached hydrogens (tertiary/aromatic N) is 1. The number of aliphatic hydroxyl groups is 1. The lowest BCUT2D eigenvalue weighted by atomic mass is 9.78. The lowest BCUT2D eigenvalue weighted by molar-refractivity contribution is 0.0501. The van der Waals surface area contributed by atoms with E-state index in [4.69, 9.17) is 0 Å². The minimum Gasteiger partial charge on any atom is -0.394 e. The van der Waals surface area contributed by atoms with Crippen LogP contribution in [-0.4, -0.2) is 47.3 Å². The van der Waals surface area contributed by atoms with Gasteiger partial charge >= 0.3 is 0 Å². The first-order chi connectivity index (χ1) is 10.1. The van der Waals surface area contributed by atoms with Crippen LogP contribution in [-0.2, 0) is 0 Å². The molecule has 0 amide bonds. The molecule has 2 atom stereocenters. The van der Waals surface area contributed by atoms with Crippen molar-refractivity contribution >= 4 is 0 Å². The molecular formula is C18H34N2O. The summed E-state index contributed by atoms with van der Waals surface area (Å²) in [6, 6.07) is 1.15. The zero-order valence-electron chi connectivity index (χ0n) is 14.0. The van der Waals surface area contributed by atoms with Crippen molar-refractivity contribution in [3.63, 3.8) is 0 Å². The molecule has 3 heteroatoms. The first-order valence-electron chi connectivity index (χ1n) is 9.23. The van der Waals surface area contributed by atoms with Crippen LogP contribution in [0, 0.1) is 11.8 Å². The van der Waals surface area contributed by atoms with Gasteiger partial charge in [0.05, 0.1) is 6.61 Å². The summed E-state index contributed by atoms with van der Waals surface area (Å²) in [6.45, 7) is 7.34. The molecule has 0 aromatic heterocycles. The first-order valence-corrected chi connectivity index (χ1v) is 9.23. The van der Waals surface area contributed by atoms with Crippen LogP contribution in [0.1, 0.15) is 65.2 Å². The van der Waals surface area contributed by atoms with Crippen molar-refractivity contribution in [3.05, 3.63) is 0 Å². The van der Waals surface area contributed by atoms with Crippen LogP contribution in [0.15, 0.2) is 0 Å². The zero-order chi connectivity index (χ0) is 14.9. The van der Waals surface area contributed by atoms with Gasteiger partial charge in [-0.3, -0.25) is 4.90 Å². The molecule has 0 bridgehead atoms. The van der Waals surface area contributed by atoms with Crippen LogP contribution < -0.4 is 5.32 Å². The fourth-order valence-corrected chi connectivity index (χ4v) is 4.21. The summed E-state index contributed by atoms with van der Waals surface area (Å²) >= 11 is 0. The van der Waals surface area contributed by atoms with Gasteiger partial charge in [-0.2, -0.15) is 0 Å². The molecule has 0 aromatic rings. The lowest BCUT2D eigenvalue weighted by Crippen LogP contribution is -2.58. The highest BCUT2D eigenvalue weighted by Gasteiger charge is 2.40. The fraction of sp³-hybridized carbons (Fsp3) is 1.00. The summed E-state index contributed by atoms with van der Waals surface area (Å²) in [5.74, 6) is 1.96. The standard InChI is InChI=1S/C18H34N2O/c1-14(2)19-18(13-21)9-3-4-17(10-18)20(11-15-5-6-15)12-16-7-8-16/h14-17,19,21H,3-13H2,1-2H3. The number of hydrogen-bond acceptors (Lipinski definition) is 3. The fourth-order valence-electron chi connectivity index (χ4n) is 4.21. The summed E-state index contributed by atoms with van der Waals surface area (Å²) in [5, 5.41) is 13.7. The van der Waals surface area contributed by atoms with Crippen LogP contribution in [0.4, 0.5) is 0 Å². The lowest BCUT2D eigenvalue weighted by Gasteiger charge is -2.45. The van der Waals surface area contributed by atoms with Gasteiger partial charge in [-0.25, -0.2) is 0 Å². The Balaban J connectivity index is 1.63. The predicted octanol–water partition coefficient (Wildman–Crippen LogP) is 2.78. The molecule has 0 aromatic carbocycles. The van der Waals surface area contributed by atoms with Crippen molar-refractivity contribution in [2.45, 2.75) is 82.8 Å². The van der Waals surface area contributed by atoms with E-state index in [-0.39, 0.29) is 5.54 Å². The largest absolute Gasteiger partial charge is 0.394 e. The van der Waals surface area contributed by atoms with Crippen LogP contribution in [0.25, 0.3) is 0 Å². The SMILES string of the molecule is CC(C)NC1(CO)CCCC(N(CC2CC2)CC2CC2)C1. The second kappa shape index (κ2) is 6.55.